The Balaban J connectivity index is 1.85. The molecule has 1 nitrogen and oxygen atoms in total. The van der Waals surface area contributed by atoms with Crippen LogP contribution < -0.4 is 25.9 Å². The van der Waals surface area contributed by atoms with Crippen molar-refractivity contribution in [3.8, 4) is 0 Å². The Kier molecular flexibility index (Phi) is 8.49. The highest BCUT2D eigenvalue weighted by Gasteiger charge is 2.51. The summed E-state index contributed by atoms with van der Waals surface area (Å²) in [6.45, 7) is 2.28. The van der Waals surface area contributed by atoms with Gasteiger partial charge in [0.25, 0.3) is 8.32 Å². The minimum absolute atomic E-state index is 1.05. The molecule has 0 fully saturated rings. The van der Waals surface area contributed by atoms with Gasteiger partial charge in [-0.3, -0.25) is 0 Å². The van der Waals surface area contributed by atoms with E-state index in [-0.39, 0.29) is 0 Å². The third-order valence-electron chi connectivity index (χ3n) is 7.48. The van der Waals surface area contributed by atoms with Crippen LogP contribution in [0.4, 0.5) is 0 Å². The quantitative estimate of drug-likeness (QED) is 0.123. The molecule has 0 aliphatic carbocycles. The predicted molar refractivity (Wildman–Crippen MR) is 167 cm³/mol. The molecule has 5 aromatic carbocycles. The van der Waals surface area contributed by atoms with Gasteiger partial charge in [-0.2, -0.15) is 0 Å². The number of unbranched alkanes of at least 4 members (excludes halogenated alkanes) is 2. The lowest BCUT2D eigenvalue weighted by molar-refractivity contribution is 0.574. The topological polar surface area (TPSA) is 9.23 Å². The number of hydrogen-bond donors (Lipinski definition) is 0. The van der Waals surface area contributed by atoms with E-state index in [9.17, 15) is 0 Å². The van der Waals surface area contributed by atoms with Gasteiger partial charge in [-0.05, 0) is 32.0 Å². The number of hydrogen-bond acceptors (Lipinski definition) is 1. The highest BCUT2D eigenvalue weighted by molar-refractivity contribution is 7.14. The van der Waals surface area contributed by atoms with Crippen LogP contribution in [0.5, 0.6) is 0 Å². The molecule has 5 rings (SSSR count). The van der Waals surface area contributed by atoms with Gasteiger partial charge in [-0.1, -0.05) is 178 Å². The molecule has 0 saturated heterocycles. The van der Waals surface area contributed by atoms with E-state index < -0.39 is 16.6 Å². The molecule has 3 heteroatoms. The van der Waals surface area contributed by atoms with Gasteiger partial charge < -0.3 is 4.12 Å². The Morgan fingerprint density at radius 2 is 0.737 bits per heavy atom. The molecule has 190 valence electrons. The summed E-state index contributed by atoms with van der Waals surface area (Å²) < 4.78 is 8.18. The number of rotatable bonds is 11. The zero-order chi connectivity index (χ0) is 26.1. The molecule has 0 bridgehead atoms. The second-order valence-corrected chi connectivity index (χ2v) is 17.1. The minimum Gasteiger partial charge on any atom is -0.439 e. The molecule has 0 heterocycles. The van der Waals surface area contributed by atoms with Crippen molar-refractivity contribution in [1.29, 1.82) is 0 Å². The van der Waals surface area contributed by atoms with E-state index in [4.69, 9.17) is 4.12 Å². The second-order valence-electron chi connectivity index (χ2n) is 9.90. The summed E-state index contributed by atoms with van der Waals surface area (Å²) in [5.41, 5.74) is 0. The monoisotopic (exact) mass is 528 g/mol. The summed E-state index contributed by atoms with van der Waals surface area (Å²) in [6, 6.07) is 56.3. The highest BCUT2D eigenvalue weighted by atomic mass is 28.4. The van der Waals surface area contributed by atoms with Crippen molar-refractivity contribution in [1.82, 2.24) is 0 Å². The van der Waals surface area contributed by atoms with Crippen molar-refractivity contribution >= 4 is 42.6 Å². The van der Waals surface area contributed by atoms with E-state index in [1.807, 2.05) is 0 Å². The van der Waals surface area contributed by atoms with Crippen LogP contribution >= 0.6 is 0 Å². The summed E-state index contributed by atoms with van der Waals surface area (Å²) in [6.07, 6.45) is 3.54. The summed E-state index contributed by atoms with van der Waals surface area (Å²) in [5, 5.41) is 6.56. The molecule has 0 atom stereocenters. The first-order chi connectivity index (χ1) is 18.8. The Bertz CT molecular complexity index is 1240. The molecule has 0 N–H and O–H groups in total. The smallest absolute Gasteiger partial charge is 0.278 e. The van der Waals surface area contributed by atoms with Crippen molar-refractivity contribution in [2.45, 2.75) is 32.2 Å². The van der Waals surface area contributed by atoms with Gasteiger partial charge in [0.1, 0.15) is 0 Å². The molecular formula is C35H36OSi2. The molecule has 5 aromatic rings. The van der Waals surface area contributed by atoms with Crippen LogP contribution in [0.25, 0.3) is 0 Å². The van der Waals surface area contributed by atoms with Gasteiger partial charge in [0.15, 0.2) is 0 Å². The van der Waals surface area contributed by atoms with Gasteiger partial charge in [-0.25, -0.2) is 0 Å². The van der Waals surface area contributed by atoms with Crippen molar-refractivity contribution < 1.29 is 4.12 Å². The molecular weight excluding hydrogens is 493 g/mol. The maximum atomic E-state index is 8.18. The molecule has 0 aliphatic rings. The van der Waals surface area contributed by atoms with Gasteiger partial charge >= 0.3 is 0 Å². The molecule has 38 heavy (non-hydrogen) atoms. The van der Waals surface area contributed by atoms with Crippen molar-refractivity contribution in [2.75, 3.05) is 0 Å². The van der Waals surface area contributed by atoms with Crippen LogP contribution in [0.15, 0.2) is 152 Å². The Morgan fingerprint density at radius 3 is 1.05 bits per heavy atom. The first-order valence-electron chi connectivity index (χ1n) is 13.8. The molecule has 0 amide bonds. The number of benzene rings is 5. The zero-order valence-corrected chi connectivity index (χ0v) is 24.2. The first-order valence-corrected chi connectivity index (χ1v) is 17.8. The third-order valence-corrected chi connectivity index (χ3v) is 17.1. The van der Waals surface area contributed by atoms with Crippen molar-refractivity contribution in [3.05, 3.63) is 152 Å². The molecule has 0 unspecified atom stereocenters. The Hall–Kier alpha value is -3.51. The normalized spacial score (nSPS) is 11.8. The SMILES string of the molecule is CCCCC[Si](O[Si](c1ccccc1)(c1ccccc1)c1ccccc1)(c1ccccc1)c1ccccc1. The second kappa shape index (κ2) is 12.4. The Morgan fingerprint density at radius 1 is 0.421 bits per heavy atom. The van der Waals surface area contributed by atoms with Gasteiger partial charge in [0.05, 0.1) is 0 Å². The molecule has 0 aliphatic heterocycles. The average molecular weight is 529 g/mol. The standard InChI is InChI=1S/C35H36OSi2/c1-2-3-19-30-37(31-20-9-4-10-21-31,32-22-11-5-12-23-32)36-38(33-24-13-6-14-25-33,34-26-15-7-16-27-34)35-28-17-8-18-29-35/h4-18,20-29H,2-3,19,30H2,1H3. The molecule has 0 aromatic heterocycles. The maximum absolute atomic E-state index is 8.18. The van der Waals surface area contributed by atoms with Crippen LogP contribution in [0, 0.1) is 0 Å². The molecule has 0 radical (unpaired) electrons. The summed E-state index contributed by atoms with van der Waals surface area (Å²) in [5.74, 6) is 0. The zero-order valence-electron chi connectivity index (χ0n) is 22.2. The van der Waals surface area contributed by atoms with Crippen molar-refractivity contribution in [3.63, 3.8) is 0 Å². The summed E-state index contributed by atoms with van der Waals surface area (Å²) >= 11 is 0. The summed E-state index contributed by atoms with van der Waals surface area (Å²) in [4.78, 5) is 0. The predicted octanol–water partition coefficient (Wildman–Crippen LogP) is 5.62. The van der Waals surface area contributed by atoms with Gasteiger partial charge in [0.2, 0.25) is 8.32 Å². The lowest BCUT2D eigenvalue weighted by Crippen LogP contribution is -2.77. The van der Waals surface area contributed by atoms with Crippen LogP contribution in [0.2, 0.25) is 6.04 Å². The van der Waals surface area contributed by atoms with Gasteiger partial charge in [0, 0.05) is 0 Å². The van der Waals surface area contributed by atoms with E-state index >= 15 is 0 Å². The van der Waals surface area contributed by atoms with E-state index in [1.54, 1.807) is 0 Å². The van der Waals surface area contributed by atoms with Crippen LogP contribution in [-0.2, 0) is 4.12 Å². The largest absolute Gasteiger partial charge is 0.439 e. The highest BCUT2D eigenvalue weighted by Crippen LogP contribution is 2.23. The minimum atomic E-state index is -2.92. The maximum Gasteiger partial charge on any atom is 0.278 e. The fraction of sp³-hybridized carbons (Fsp3) is 0.143. The third kappa shape index (κ3) is 5.23. The van der Waals surface area contributed by atoms with Gasteiger partial charge in [-0.15, -0.1) is 0 Å². The van der Waals surface area contributed by atoms with E-state index in [1.165, 1.54) is 38.8 Å². The average Bonchev–Trinajstić information content (AvgIpc) is 3.01. The Labute approximate surface area is 230 Å². The fourth-order valence-electron chi connectivity index (χ4n) is 5.62. The first kappa shape index (κ1) is 26.1. The summed E-state index contributed by atoms with van der Waals surface area (Å²) in [7, 11) is -5.63. The fourth-order valence-corrected chi connectivity index (χ4v) is 16.6. The lowest BCUT2D eigenvalue weighted by Gasteiger charge is -2.44. The van der Waals surface area contributed by atoms with Crippen molar-refractivity contribution in [2.24, 2.45) is 0 Å². The van der Waals surface area contributed by atoms with Crippen LogP contribution in [0.3, 0.4) is 0 Å². The molecule has 0 saturated carbocycles. The van der Waals surface area contributed by atoms with E-state index in [0.717, 1.165) is 12.5 Å². The van der Waals surface area contributed by atoms with E-state index in [0.29, 0.717) is 0 Å². The van der Waals surface area contributed by atoms with Crippen LogP contribution in [0.1, 0.15) is 26.2 Å². The van der Waals surface area contributed by atoms with Crippen LogP contribution in [-0.4, -0.2) is 16.6 Å². The molecule has 0 spiro atoms. The lowest BCUT2D eigenvalue weighted by atomic mass is 10.3. The van der Waals surface area contributed by atoms with E-state index in [2.05, 4.69) is 159 Å².